The minimum absolute atomic E-state index is 0.0736. The molecule has 0 fully saturated rings. The van der Waals surface area contributed by atoms with Gasteiger partial charge in [0.05, 0.1) is 28.7 Å². The molecule has 0 unspecified atom stereocenters. The zero-order valence-corrected chi connectivity index (χ0v) is 15.2. The van der Waals surface area contributed by atoms with E-state index in [9.17, 15) is 9.59 Å². The number of carbonyl (C=O) groups is 2. The van der Waals surface area contributed by atoms with Crippen LogP contribution < -0.4 is 16.4 Å². The molecule has 138 valence electrons. The van der Waals surface area contributed by atoms with E-state index in [0.29, 0.717) is 26.5 Å². The molecule has 2 aromatic rings. The topological polar surface area (TPSA) is 108 Å². The standard InChI is InChI=1S/C17H18Cl2N4O3/c18-12-5-3-6-13(19)16(12)22-14-7-2-1-4-11(14)10-15(24)21-8-9-23(26)17(20)25/h1-7,22,26H,8-10H2,(H2,20,25)(H,21,24). The molecule has 0 aliphatic carbocycles. The number of hydrogen-bond donors (Lipinski definition) is 4. The van der Waals surface area contributed by atoms with Crippen molar-refractivity contribution in [1.29, 1.82) is 0 Å². The Morgan fingerprint density at radius 3 is 2.38 bits per heavy atom. The van der Waals surface area contributed by atoms with Crippen LogP contribution in [0.15, 0.2) is 42.5 Å². The molecule has 0 bridgehead atoms. The summed E-state index contributed by atoms with van der Waals surface area (Å²) in [5.74, 6) is -0.276. The summed E-state index contributed by atoms with van der Waals surface area (Å²) >= 11 is 12.3. The first kappa shape index (κ1) is 19.8. The van der Waals surface area contributed by atoms with Gasteiger partial charge in [-0.3, -0.25) is 10.0 Å². The maximum atomic E-state index is 12.1. The number of carbonyl (C=O) groups excluding carboxylic acids is 2. The molecule has 5 N–H and O–H groups in total. The van der Waals surface area contributed by atoms with Crippen molar-refractivity contribution in [2.24, 2.45) is 5.73 Å². The van der Waals surface area contributed by atoms with Gasteiger partial charge in [0.1, 0.15) is 0 Å². The highest BCUT2D eigenvalue weighted by Crippen LogP contribution is 2.33. The fraction of sp³-hybridized carbons (Fsp3) is 0.176. The van der Waals surface area contributed by atoms with Crippen molar-refractivity contribution >= 4 is 46.5 Å². The molecule has 0 aliphatic heterocycles. The van der Waals surface area contributed by atoms with Gasteiger partial charge in [0.2, 0.25) is 5.91 Å². The molecule has 0 saturated heterocycles. The Balaban J connectivity index is 2.02. The highest BCUT2D eigenvalue weighted by molar-refractivity contribution is 6.39. The maximum absolute atomic E-state index is 12.1. The predicted molar refractivity (Wildman–Crippen MR) is 101 cm³/mol. The fourth-order valence-electron chi connectivity index (χ4n) is 2.20. The van der Waals surface area contributed by atoms with E-state index in [0.717, 1.165) is 5.56 Å². The Hall–Kier alpha value is -2.48. The third-order valence-electron chi connectivity index (χ3n) is 3.49. The average molecular weight is 397 g/mol. The first-order valence-corrected chi connectivity index (χ1v) is 8.45. The second-order valence-electron chi connectivity index (χ2n) is 5.37. The fourth-order valence-corrected chi connectivity index (χ4v) is 2.69. The molecule has 0 spiro atoms. The van der Waals surface area contributed by atoms with Crippen molar-refractivity contribution in [3.05, 3.63) is 58.1 Å². The predicted octanol–water partition coefficient (Wildman–Crippen LogP) is 3.17. The first-order chi connectivity index (χ1) is 12.4. The Morgan fingerprint density at radius 2 is 1.73 bits per heavy atom. The van der Waals surface area contributed by atoms with Gasteiger partial charge in [0, 0.05) is 12.2 Å². The highest BCUT2D eigenvalue weighted by Gasteiger charge is 2.12. The van der Waals surface area contributed by atoms with Crippen molar-refractivity contribution in [3.63, 3.8) is 0 Å². The smallest absolute Gasteiger partial charge is 0.338 e. The van der Waals surface area contributed by atoms with Gasteiger partial charge < -0.3 is 16.4 Å². The van der Waals surface area contributed by atoms with Gasteiger partial charge in [-0.25, -0.2) is 9.86 Å². The van der Waals surface area contributed by atoms with Crippen LogP contribution in [0.1, 0.15) is 5.56 Å². The Bertz CT molecular complexity index is 781. The molecule has 0 heterocycles. The number of halogens is 2. The number of hydroxylamine groups is 2. The molecular weight excluding hydrogens is 379 g/mol. The van der Waals surface area contributed by atoms with Crippen LogP contribution in [-0.4, -0.2) is 35.3 Å². The number of nitrogens with zero attached hydrogens (tertiary/aromatic N) is 1. The van der Waals surface area contributed by atoms with Crippen molar-refractivity contribution in [3.8, 4) is 0 Å². The summed E-state index contributed by atoms with van der Waals surface area (Å²) in [6, 6.07) is 11.4. The minimum Gasteiger partial charge on any atom is -0.354 e. The van der Waals surface area contributed by atoms with Crippen LogP contribution in [0.2, 0.25) is 10.0 Å². The summed E-state index contributed by atoms with van der Waals surface area (Å²) in [6.45, 7) is -0.0274. The molecule has 0 atom stereocenters. The largest absolute Gasteiger partial charge is 0.354 e. The van der Waals surface area contributed by atoms with Gasteiger partial charge in [0.15, 0.2) is 0 Å². The first-order valence-electron chi connectivity index (χ1n) is 7.70. The molecule has 0 radical (unpaired) electrons. The second kappa shape index (κ2) is 9.28. The zero-order valence-electron chi connectivity index (χ0n) is 13.7. The van der Waals surface area contributed by atoms with Gasteiger partial charge in [-0.05, 0) is 23.8 Å². The quantitative estimate of drug-likeness (QED) is 0.425. The third kappa shape index (κ3) is 5.52. The summed E-state index contributed by atoms with van der Waals surface area (Å²) in [4.78, 5) is 22.8. The zero-order chi connectivity index (χ0) is 19.1. The molecule has 26 heavy (non-hydrogen) atoms. The van der Waals surface area contributed by atoms with Crippen molar-refractivity contribution in [2.45, 2.75) is 6.42 Å². The second-order valence-corrected chi connectivity index (χ2v) is 6.18. The van der Waals surface area contributed by atoms with Gasteiger partial charge in [-0.1, -0.05) is 47.5 Å². The van der Waals surface area contributed by atoms with E-state index in [1.54, 1.807) is 24.3 Å². The number of nitrogens with one attached hydrogen (secondary N) is 2. The van der Waals surface area contributed by atoms with E-state index in [4.69, 9.17) is 34.1 Å². The molecule has 2 rings (SSSR count). The van der Waals surface area contributed by atoms with Gasteiger partial charge in [0.25, 0.3) is 0 Å². The lowest BCUT2D eigenvalue weighted by atomic mass is 10.1. The van der Waals surface area contributed by atoms with Crippen molar-refractivity contribution in [1.82, 2.24) is 10.4 Å². The summed E-state index contributed by atoms with van der Waals surface area (Å²) in [5, 5.41) is 16.2. The SMILES string of the molecule is NC(=O)N(O)CCNC(=O)Cc1ccccc1Nc1c(Cl)cccc1Cl. The van der Waals surface area contributed by atoms with Crippen LogP contribution in [0.3, 0.4) is 0 Å². The van der Waals surface area contributed by atoms with E-state index in [1.165, 1.54) is 0 Å². The Labute approximate surface area is 160 Å². The van der Waals surface area contributed by atoms with Crippen LogP contribution >= 0.6 is 23.2 Å². The van der Waals surface area contributed by atoms with Crippen LogP contribution in [0.5, 0.6) is 0 Å². The number of benzene rings is 2. The molecule has 9 heteroatoms. The molecule has 0 aliphatic rings. The summed E-state index contributed by atoms with van der Waals surface area (Å²) in [6.07, 6.45) is 0.0905. The summed E-state index contributed by atoms with van der Waals surface area (Å²) in [7, 11) is 0. The highest BCUT2D eigenvalue weighted by atomic mass is 35.5. The van der Waals surface area contributed by atoms with Crippen molar-refractivity contribution < 1.29 is 14.8 Å². The van der Waals surface area contributed by atoms with Crippen LogP contribution in [-0.2, 0) is 11.2 Å². The maximum Gasteiger partial charge on any atom is 0.338 e. The number of hydrogen-bond acceptors (Lipinski definition) is 4. The number of amides is 3. The molecule has 0 aromatic heterocycles. The third-order valence-corrected chi connectivity index (χ3v) is 4.12. The lowest BCUT2D eigenvalue weighted by Gasteiger charge is -2.15. The van der Waals surface area contributed by atoms with Gasteiger partial charge >= 0.3 is 6.03 Å². The molecule has 0 saturated carbocycles. The normalized spacial score (nSPS) is 10.3. The number of primary amides is 1. The molecular formula is C17H18Cl2N4O3. The molecule has 2 aromatic carbocycles. The summed E-state index contributed by atoms with van der Waals surface area (Å²) < 4.78 is 0. The monoisotopic (exact) mass is 396 g/mol. The number of nitrogens with two attached hydrogens (primary N) is 1. The van der Waals surface area contributed by atoms with Gasteiger partial charge in [-0.15, -0.1) is 0 Å². The van der Waals surface area contributed by atoms with E-state index in [2.05, 4.69) is 10.6 Å². The minimum atomic E-state index is -0.981. The van der Waals surface area contributed by atoms with E-state index in [-0.39, 0.29) is 25.4 Å². The average Bonchev–Trinajstić information content (AvgIpc) is 2.59. The molecule has 3 amide bonds. The number of rotatable bonds is 7. The number of anilines is 2. The van der Waals surface area contributed by atoms with E-state index in [1.807, 2.05) is 18.2 Å². The number of para-hydroxylation sites is 2. The molecule has 7 nitrogen and oxygen atoms in total. The lowest BCUT2D eigenvalue weighted by Crippen LogP contribution is -2.39. The van der Waals surface area contributed by atoms with E-state index >= 15 is 0 Å². The van der Waals surface area contributed by atoms with Crippen LogP contribution in [0, 0.1) is 0 Å². The van der Waals surface area contributed by atoms with Crippen LogP contribution in [0.4, 0.5) is 16.2 Å². The van der Waals surface area contributed by atoms with Crippen molar-refractivity contribution in [2.75, 3.05) is 18.4 Å². The summed E-state index contributed by atoms with van der Waals surface area (Å²) in [5.41, 5.74) is 6.87. The van der Waals surface area contributed by atoms with Crippen LogP contribution in [0.25, 0.3) is 0 Å². The Kier molecular flexibility index (Phi) is 7.08. The number of urea groups is 1. The lowest BCUT2D eigenvalue weighted by molar-refractivity contribution is -0.120. The van der Waals surface area contributed by atoms with Gasteiger partial charge in [-0.2, -0.15) is 0 Å². The Morgan fingerprint density at radius 1 is 1.08 bits per heavy atom. The van der Waals surface area contributed by atoms with E-state index < -0.39 is 6.03 Å².